The van der Waals surface area contributed by atoms with Crippen LogP contribution in [0.25, 0.3) is 0 Å². The van der Waals surface area contributed by atoms with Crippen LogP contribution < -0.4 is 5.32 Å². The Kier molecular flexibility index (Phi) is 3.29. The van der Waals surface area contributed by atoms with E-state index in [4.69, 9.17) is 0 Å². The van der Waals surface area contributed by atoms with Crippen LogP contribution in [0.15, 0.2) is 48.5 Å². The summed E-state index contributed by atoms with van der Waals surface area (Å²) in [6.07, 6.45) is 2.49. The second-order valence-electron chi connectivity index (χ2n) is 5.79. The van der Waals surface area contributed by atoms with E-state index >= 15 is 0 Å². The maximum absolute atomic E-state index is 3.62. The third-order valence-electron chi connectivity index (χ3n) is 4.11. The number of benzene rings is 2. The Morgan fingerprint density at radius 2 is 1.32 bits per heavy atom. The van der Waals surface area contributed by atoms with Crippen molar-refractivity contribution in [3.8, 4) is 0 Å². The molecule has 1 fully saturated rings. The van der Waals surface area contributed by atoms with E-state index in [1.165, 1.54) is 35.2 Å². The lowest BCUT2D eigenvalue weighted by Crippen LogP contribution is -2.33. The fraction of sp³-hybridized carbons (Fsp3) is 0.333. The topological polar surface area (TPSA) is 12.0 Å². The van der Waals surface area contributed by atoms with Crippen molar-refractivity contribution in [1.29, 1.82) is 0 Å². The highest BCUT2D eigenvalue weighted by atomic mass is 14.9. The molecule has 1 N–H and O–H groups in total. The maximum Gasteiger partial charge on any atom is 0.0342 e. The highest BCUT2D eigenvalue weighted by Crippen LogP contribution is 2.38. The molecule has 0 saturated heterocycles. The minimum Gasteiger partial charge on any atom is -0.382 e. The molecule has 19 heavy (non-hydrogen) atoms. The second-order valence-corrected chi connectivity index (χ2v) is 5.79. The van der Waals surface area contributed by atoms with Crippen LogP contribution >= 0.6 is 0 Å². The molecule has 1 nitrogen and oxygen atoms in total. The number of rotatable bonds is 3. The fourth-order valence-corrected chi connectivity index (χ4v) is 2.73. The molecule has 1 aliphatic carbocycles. The fourth-order valence-electron chi connectivity index (χ4n) is 2.73. The maximum atomic E-state index is 3.62. The smallest absolute Gasteiger partial charge is 0.0342 e. The van der Waals surface area contributed by atoms with Crippen LogP contribution in [-0.4, -0.2) is 6.04 Å². The third kappa shape index (κ3) is 2.81. The molecule has 0 atom stereocenters. The lowest BCUT2D eigenvalue weighted by Gasteiger charge is -2.37. The summed E-state index contributed by atoms with van der Waals surface area (Å²) in [4.78, 5) is 0. The molecule has 0 amide bonds. The first-order valence-electron chi connectivity index (χ1n) is 7.10. The predicted molar refractivity (Wildman–Crippen MR) is 81.7 cm³/mol. The zero-order chi connectivity index (χ0) is 13.2. The molecule has 0 aliphatic heterocycles. The molecule has 0 spiro atoms. The molecular weight excluding hydrogens is 230 g/mol. The minimum atomic E-state index is 0.633. The first kappa shape index (κ1) is 12.3. The lowest BCUT2D eigenvalue weighted by molar-refractivity contribution is 0.374. The van der Waals surface area contributed by atoms with Gasteiger partial charge in [0.15, 0.2) is 0 Å². The summed E-state index contributed by atoms with van der Waals surface area (Å²) in [5.41, 5.74) is 5.40. The SMILES string of the molecule is Cc1ccc(NC2CC(c3ccc(C)cc3)C2)cc1. The zero-order valence-corrected chi connectivity index (χ0v) is 11.7. The van der Waals surface area contributed by atoms with Crippen LogP contribution in [-0.2, 0) is 0 Å². The molecule has 1 aliphatic rings. The summed E-state index contributed by atoms with van der Waals surface area (Å²) >= 11 is 0. The number of hydrogen-bond donors (Lipinski definition) is 1. The van der Waals surface area contributed by atoms with Crippen LogP contribution in [0, 0.1) is 13.8 Å². The van der Waals surface area contributed by atoms with E-state index in [1.54, 1.807) is 0 Å². The summed E-state index contributed by atoms with van der Waals surface area (Å²) in [7, 11) is 0. The van der Waals surface area contributed by atoms with Gasteiger partial charge in [0.1, 0.15) is 0 Å². The number of anilines is 1. The molecule has 1 saturated carbocycles. The first-order chi connectivity index (χ1) is 9.20. The van der Waals surface area contributed by atoms with Crippen molar-refractivity contribution in [2.24, 2.45) is 0 Å². The number of aryl methyl sites for hydroxylation is 2. The summed E-state index contributed by atoms with van der Waals surface area (Å²) in [5.74, 6) is 0.739. The molecule has 0 bridgehead atoms. The quantitative estimate of drug-likeness (QED) is 0.836. The average molecular weight is 251 g/mol. The zero-order valence-electron chi connectivity index (χ0n) is 11.7. The highest BCUT2D eigenvalue weighted by Gasteiger charge is 2.29. The van der Waals surface area contributed by atoms with E-state index in [9.17, 15) is 0 Å². The van der Waals surface area contributed by atoms with Crippen molar-refractivity contribution in [3.05, 3.63) is 65.2 Å². The molecule has 0 radical (unpaired) electrons. The van der Waals surface area contributed by atoms with Gasteiger partial charge in [-0.25, -0.2) is 0 Å². The van der Waals surface area contributed by atoms with E-state index in [-0.39, 0.29) is 0 Å². The van der Waals surface area contributed by atoms with Crippen molar-refractivity contribution in [2.45, 2.75) is 38.6 Å². The lowest BCUT2D eigenvalue weighted by atomic mass is 9.75. The van der Waals surface area contributed by atoms with Gasteiger partial charge < -0.3 is 5.32 Å². The van der Waals surface area contributed by atoms with Crippen LogP contribution in [0.5, 0.6) is 0 Å². The molecule has 3 rings (SSSR count). The van der Waals surface area contributed by atoms with Gasteiger partial charge in [-0.1, -0.05) is 47.5 Å². The van der Waals surface area contributed by atoms with Crippen LogP contribution in [0.3, 0.4) is 0 Å². The Morgan fingerprint density at radius 1 is 0.789 bits per heavy atom. The third-order valence-corrected chi connectivity index (χ3v) is 4.11. The van der Waals surface area contributed by atoms with Crippen LogP contribution in [0.2, 0.25) is 0 Å². The van der Waals surface area contributed by atoms with E-state index < -0.39 is 0 Å². The summed E-state index contributed by atoms with van der Waals surface area (Å²) in [6, 6.07) is 18.3. The van der Waals surface area contributed by atoms with Crippen molar-refractivity contribution in [2.75, 3.05) is 5.32 Å². The Bertz CT molecular complexity index is 533. The molecule has 0 unspecified atom stereocenters. The Morgan fingerprint density at radius 3 is 1.89 bits per heavy atom. The van der Waals surface area contributed by atoms with Gasteiger partial charge >= 0.3 is 0 Å². The normalized spacial score (nSPS) is 21.8. The Hall–Kier alpha value is -1.76. The highest BCUT2D eigenvalue weighted by molar-refractivity contribution is 5.46. The second kappa shape index (κ2) is 5.08. The summed E-state index contributed by atoms with van der Waals surface area (Å²) in [6.45, 7) is 4.27. The molecule has 98 valence electrons. The van der Waals surface area contributed by atoms with Gasteiger partial charge in [-0.05, 0) is 50.3 Å². The van der Waals surface area contributed by atoms with Crippen molar-refractivity contribution >= 4 is 5.69 Å². The minimum absolute atomic E-state index is 0.633. The Balaban J connectivity index is 1.55. The van der Waals surface area contributed by atoms with E-state index in [1.807, 2.05) is 0 Å². The monoisotopic (exact) mass is 251 g/mol. The molecule has 0 aromatic heterocycles. The van der Waals surface area contributed by atoms with Gasteiger partial charge in [-0.3, -0.25) is 0 Å². The molecule has 1 heteroatoms. The molecule has 2 aromatic rings. The van der Waals surface area contributed by atoms with Crippen molar-refractivity contribution in [3.63, 3.8) is 0 Å². The van der Waals surface area contributed by atoms with E-state index in [0.29, 0.717) is 6.04 Å². The van der Waals surface area contributed by atoms with Gasteiger partial charge in [-0.2, -0.15) is 0 Å². The average Bonchev–Trinajstić information content (AvgIpc) is 2.37. The van der Waals surface area contributed by atoms with Crippen LogP contribution in [0.1, 0.15) is 35.4 Å². The Labute approximate surface area is 115 Å². The predicted octanol–water partition coefficient (Wildman–Crippen LogP) is 4.66. The summed E-state index contributed by atoms with van der Waals surface area (Å²) in [5, 5.41) is 3.62. The van der Waals surface area contributed by atoms with Crippen molar-refractivity contribution < 1.29 is 0 Å². The van der Waals surface area contributed by atoms with Crippen molar-refractivity contribution in [1.82, 2.24) is 0 Å². The molecule has 2 aromatic carbocycles. The standard InChI is InChI=1S/C18H21N/c1-13-3-7-15(8-4-13)16-11-18(12-16)19-17-9-5-14(2)6-10-17/h3-10,16,18-19H,11-12H2,1-2H3. The van der Waals surface area contributed by atoms with E-state index in [2.05, 4.69) is 67.7 Å². The first-order valence-corrected chi connectivity index (χ1v) is 7.10. The molecular formula is C18H21N. The van der Waals surface area contributed by atoms with E-state index in [0.717, 1.165) is 5.92 Å². The largest absolute Gasteiger partial charge is 0.382 e. The number of nitrogens with one attached hydrogen (secondary N) is 1. The van der Waals surface area contributed by atoms with Gasteiger partial charge in [0.25, 0.3) is 0 Å². The van der Waals surface area contributed by atoms with Gasteiger partial charge in [0.2, 0.25) is 0 Å². The van der Waals surface area contributed by atoms with Gasteiger partial charge in [-0.15, -0.1) is 0 Å². The number of hydrogen-bond acceptors (Lipinski definition) is 1. The van der Waals surface area contributed by atoms with Gasteiger partial charge in [0.05, 0.1) is 0 Å². The van der Waals surface area contributed by atoms with Crippen LogP contribution in [0.4, 0.5) is 5.69 Å². The summed E-state index contributed by atoms with van der Waals surface area (Å²) < 4.78 is 0. The van der Waals surface area contributed by atoms with Gasteiger partial charge in [0, 0.05) is 11.7 Å². The molecule has 0 heterocycles.